The van der Waals surface area contributed by atoms with E-state index in [1.807, 2.05) is 43.5 Å². The van der Waals surface area contributed by atoms with Gasteiger partial charge in [0.25, 0.3) is 0 Å². The second kappa shape index (κ2) is 6.57. The molecule has 3 nitrogen and oxygen atoms in total. The van der Waals surface area contributed by atoms with Crippen molar-refractivity contribution in [2.45, 2.75) is 20.5 Å². The quantitative estimate of drug-likeness (QED) is 0.898. The Morgan fingerprint density at radius 2 is 2.11 bits per heavy atom. The van der Waals surface area contributed by atoms with Crippen LogP contribution < -0.4 is 10.1 Å². The van der Waals surface area contributed by atoms with Crippen molar-refractivity contribution in [3.05, 3.63) is 52.1 Å². The van der Waals surface area contributed by atoms with Crippen LogP contribution in [-0.2, 0) is 6.61 Å². The summed E-state index contributed by atoms with van der Waals surface area (Å²) < 4.78 is 6.86. The summed E-state index contributed by atoms with van der Waals surface area (Å²) in [5, 5.41) is 3.17. The molecule has 2 aromatic rings. The molecule has 0 saturated heterocycles. The van der Waals surface area contributed by atoms with Crippen molar-refractivity contribution >= 4 is 21.7 Å². The first-order valence-corrected chi connectivity index (χ1v) is 7.06. The van der Waals surface area contributed by atoms with E-state index in [1.54, 1.807) is 0 Å². The summed E-state index contributed by atoms with van der Waals surface area (Å²) in [7, 11) is 0. The molecule has 0 saturated carbocycles. The van der Waals surface area contributed by atoms with Gasteiger partial charge in [-0.3, -0.25) is 0 Å². The highest BCUT2D eigenvalue weighted by Gasteiger charge is 2.01. The maximum atomic E-state index is 5.80. The van der Waals surface area contributed by atoms with Crippen molar-refractivity contribution in [1.29, 1.82) is 0 Å². The van der Waals surface area contributed by atoms with Crippen LogP contribution in [0.5, 0.6) is 5.75 Å². The molecule has 2 rings (SSSR count). The summed E-state index contributed by atoms with van der Waals surface area (Å²) in [5.74, 6) is 1.80. The Balaban J connectivity index is 1.98. The fourth-order valence-electron chi connectivity index (χ4n) is 1.73. The normalized spacial score (nSPS) is 10.3. The van der Waals surface area contributed by atoms with Crippen LogP contribution in [0.2, 0.25) is 0 Å². The van der Waals surface area contributed by atoms with Gasteiger partial charge in [-0.05, 0) is 43.7 Å². The molecule has 0 spiro atoms. The van der Waals surface area contributed by atoms with E-state index >= 15 is 0 Å². The van der Waals surface area contributed by atoms with E-state index in [-0.39, 0.29) is 0 Å². The smallest absolute Gasteiger partial charge is 0.125 e. The van der Waals surface area contributed by atoms with E-state index < -0.39 is 0 Å². The van der Waals surface area contributed by atoms with Crippen LogP contribution in [0.4, 0.5) is 5.82 Å². The summed E-state index contributed by atoms with van der Waals surface area (Å²) in [5.41, 5.74) is 2.18. The number of nitrogens with one attached hydrogen (secondary N) is 1. The molecule has 1 heterocycles. The van der Waals surface area contributed by atoms with E-state index in [1.165, 1.54) is 0 Å². The molecule has 1 N–H and O–H groups in total. The van der Waals surface area contributed by atoms with Gasteiger partial charge in [0.2, 0.25) is 0 Å². The van der Waals surface area contributed by atoms with Crippen molar-refractivity contribution in [2.24, 2.45) is 0 Å². The van der Waals surface area contributed by atoms with Crippen molar-refractivity contribution in [3.8, 4) is 5.75 Å². The van der Waals surface area contributed by atoms with Crippen LogP contribution in [0, 0.1) is 6.92 Å². The Labute approximate surface area is 122 Å². The summed E-state index contributed by atoms with van der Waals surface area (Å²) >= 11 is 3.44. The topological polar surface area (TPSA) is 34.1 Å². The van der Waals surface area contributed by atoms with Crippen LogP contribution in [-0.4, -0.2) is 11.5 Å². The zero-order valence-corrected chi connectivity index (χ0v) is 12.7. The van der Waals surface area contributed by atoms with Crippen molar-refractivity contribution in [2.75, 3.05) is 11.9 Å². The third-order valence-corrected chi connectivity index (χ3v) is 3.21. The molecular formula is C15H17BrN2O. The van der Waals surface area contributed by atoms with Crippen LogP contribution in [0.3, 0.4) is 0 Å². The van der Waals surface area contributed by atoms with Gasteiger partial charge in [0.05, 0.1) is 0 Å². The maximum absolute atomic E-state index is 5.80. The van der Waals surface area contributed by atoms with Gasteiger partial charge in [-0.25, -0.2) is 4.98 Å². The van der Waals surface area contributed by atoms with Gasteiger partial charge in [-0.1, -0.05) is 22.0 Å². The summed E-state index contributed by atoms with van der Waals surface area (Å²) in [4.78, 5) is 4.32. The predicted molar refractivity (Wildman–Crippen MR) is 81.6 cm³/mol. The first-order chi connectivity index (χ1) is 9.19. The fourth-order valence-corrected chi connectivity index (χ4v) is 2.21. The molecule has 0 radical (unpaired) electrons. The van der Waals surface area contributed by atoms with E-state index in [9.17, 15) is 0 Å². The number of halogens is 1. The van der Waals surface area contributed by atoms with E-state index in [0.717, 1.165) is 33.7 Å². The average molecular weight is 321 g/mol. The third-order valence-electron chi connectivity index (χ3n) is 2.71. The van der Waals surface area contributed by atoms with Crippen molar-refractivity contribution in [1.82, 2.24) is 4.98 Å². The van der Waals surface area contributed by atoms with Gasteiger partial charge in [0.1, 0.15) is 18.2 Å². The molecule has 0 unspecified atom stereocenters. The zero-order chi connectivity index (χ0) is 13.7. The number of aryl methyl sites for hydroxylation is 1. The highest BCUT2D eigenvalue weighted by atomic mass is 79.9. The lowest BCUT2D eigenvalue weighted by Crippen LogP contribution is -2.01. The van der Waals surface area contributed by atoms with Gasteiger partial charge in [-0.2, -0.15) is 0 Å². The van der Waals surface area contributed by atoms with Gasteiger partial charge >= 0.3 is 0 Å². The first-order valence-electron chi connectivity index (χ1n) is 6.27. The molecule has 1 aromatic carbocycles. The lowest BCUT2D eigenvalue weighted by Gasteiger charge is -2.10. The highest BCUT2D eigenvalue weighted by Crippen LogP contribution is 2.23. The number of anilines is 1. The standard InChI is InChI=1S/C15H17BrN2O/c1-3-17-15-7-4-12(9-18-15)10-19-14-6-5-13(16)8-11(14)2/h4-9H,3,10H2,1-2H3,(H,17,18). The minimum atomic E-state index is 0.530. The number of aromatic nitrogens is 1. The molecule has 100 valence electrons. The van der Waals surface area contributed by atoms with E-state index in [2.05, 4.69) is 33.2 Å². The van der Waals surface area contributed by atoms with Crippen LogP contribution in [0.25, 0.3) is 0 Å². The summed E-state index contributed by atoms with van der Waals surface area (Å²) in [6, 6.07) is 9.99. The average Bonchev–Trinajstić information content (AvgIpc) is 2.40. The summed E-state index contributed by atoms with van der Waals surface area (Å²) in [6.45, 7) is 5.49. The van der Waals surface area contributed by atoms with Crippen LogP contribution in [0.1, 0.15) is 18.1 Å². The minimum Gasteiger partial charge on any atom is -0.489 e. The summed E-state index contributed by atoms with van der Waals surface area (Å²) in [6.07, 6.45) is 1.84. The molecule has 19 heavy (non-hydrogen) atoms. The van der Waals surface area contributed by atoms with Crippen molar-refractivity contribution < 1.29 is 4.74 Å². The largest absolute Gasteiger partial charge is 0.489 e. The Morgan fingerprint density at radius 1 is 1.26 bits per heavy atom. The fraction of sp³-hybridized carbons (Fsp3) is 0.267. The molecule has 0 fully saturated rings. The first kappa shape index (κ1) is 13.9. The number of hydrogen-bond donors (Lipinski definition) is 1. The number of hydrogen-bond acceptors (Lipinski definition) is 3. The second-order valence-electron chi connectivity index (χ2n) is 4.28. The number of nitrogens with zero attached hydrogens (tertiary/aromatic N) is 1. The molecule has 1 aromatic heterocycles. The maximum Gasteiger partial charge on any atom is 0.125 e. The minimum absolute atomic E-state index is 0.530. The second-order valence-corrected chi connectivity index (χ2v) is 5.20. The number of ether oxygens (including phenoxy) is 1. The van der Waals surface area contributed by atoms with Crippen LogP contribution in [0.15, 0.2) is 41.0 Å². The molecule has 0 atom stereocenters. The Morgan fingerprint density at radius 3 is 2.74 bits per heavy atom. The molecule has 0 aliphatic carbocycles. The lowest BCUT2D eigenvalue weighted by atomic mass is 10.2. The van der Waals surface area contributed by atoms with E-state index in [0.29, 0.717) is 6.61 Å². The Bertz CT molecular complexity index is 540. The van der Waals surface area contributed by atoms with Gasteiger partial charge < -0.3 is 10.1 Å². The van der Waals surface area contributed by atoms with Crippen molar-refractivity contribution in [3.63, 3.8) is 0 Å². The molecule has 0 amide bonds. The molecular weight excluding hydrogens is 304 g/mol. The number of benzene rings is 1. The molecule has 0 bridgehead atoms. The molecule has 4 heteroatoms. The van der Waals surface area contributed by atoms with Gasteiger partial charge in [0.15, 0.2) is 0 Å². The predicted octanol–water partition coefficient (Wildman–Crippen LogP) is 4.16. The highest BCUT2D eigenvalue weighted by molar-refractivity contribution is 9.10. The molecule has 0 aliphatic heterocycles. The van der Waals surface area contributed by atoms with Gasteiger partial charge in [-0.15, -0.1) is 0 Å². The van der Waals surface area contributed by atoms with Crippen LogP contribution >= 0.6 is 15.9 Å². The SMILES string of the molecule is CCNc1ccc(COc2ccc(Br)cc2C)cn1. The Hall–Kier alpha value is -1.55. The molecule has 0 aliphatic rings. The lowest BCUT2D eigenvalue weighted by molar-refractivity contribution is 0.303. The third kappa shape index (κ3) is 3.96. The van der Waals surface area contributed by atoms with E-state index in [4.69, 9.17) is 4.74 Å². The number of pyridine rings is 1. The number of rotatable bonds is 5. The monoisotopic (exact) mass is 320 g/mol. The Kier molecular flexibility index (Phi) is 4.80. The van der Waals surface area contributed by atoms with Gasteiger partial charge in [0, 0.05) is 22.8 Å². The zero-order valence-electron chi connectivity index (χ0n) is 11.1.